The first-order valence-electron chi connectivity index (χ1n) is 7.53. The lowest BCUT2D eigenvalue weighted by Gasteiger charge is -2.22. The van der Waals surface area contributed by atoms with Crippen molar-refractivity contribution in [2.24, 2.45) is 5.92 Å². The lowest BCUT2D eigenvalue weighted by Crippen LogP contribution is -2.28. The highest BCUT2D eigenvalue weighted by molar-refractivity contribution is 5.33. The van der Waals surface area contributed by atoms with Gasteiger partial charge in [0.05, 0.1) is 0 Å². The standard InChI is InChI=1S/C18H20FNO/c19-16-2-1-3-18(13-16)21-17-6-4-14(5-7-17)12-15-8-10-20-11-9-15/h1-7,13,15,20H,8-12H2. The van der Waals surface area contributed by atoms with Crippen molar-refractivity contribution in [3.63, 3.8) is 0 Å². The molecule has 1 aliphatic heterocycles. The number of piperidine rings is 1. The second-order valence-corrected chi connectivity index (χ2v) is 5.60. The monoisotopic (exact) mass is 285 g/mol. The third-order valence-electron chi connectivity index (χ3n) is 3.94. The predicted molar refractivity (Wildman–Crippen MR) is 82.2 cm³/mol. The molecule has 0 spiro atoms. The molecule has 0 aromatic heterocycles. The van der Waals surface area contributed by atoms with Gasteiger partial charge in [0.2, 0.25) is 0 Å². The van der Waals surface area contributed by atoms with E-state index in [1.54, 1.807) is 12.1 Å². The minimum Gasteiger partial charge on any atom is -0.457 e. The van der Waals surface area contributed by atoms with Crippen LogP contribution in [0, 0.1) is 11.7 Å². The molecule has 0 atom stereocenters. The normalized spacial score (nSPS) is 15.9. The molecule has 0 saturated carbocycles. The zero-order valence-corrected chi connectivity index (χ0v) is 12.0. The molecule has 2 aromatic carbocycles. The third kappa shape index (κ3) is 4.05. The molecule has 1 heterocycles. The molecule has 0 unspecified atom stereocenters. The highest BCUT2D eigenvalue weighted by Gasteiger charge is 2.13. The van der Waals surface area contributed by atoms with E-state index in [1.807, 2.05) is 12.1 Å². The highest BCUT2D eigenvalue weighted by Crippen LogP contribution is 2.24. The van der Waals surface area contributed by atoms with Crippen molar-refractivity contribution in [3.8, 4) is 11.5 Å². The Bertz CT molecular complexity index is 576. The van der Waals surface area contributed by atoms with Gasteiger partial charge in [0, 0.05) is 6.07 Å². The average Bonchev–Trinajstić information content (AvgIpc) is 2.50. The van der Waals surface area contributed by atoms with E-state index in [9.17, 15) is 4.39 Å². The summed E-state index contributed by atoms with van der Waals surface area (Å²) >= 11 is 0. The Labute approximate surface area is 125 Å². The van der Waals surface area contributed by atoms with Crippen LogP contribution in [-0.2, 0) is 6.42 Å². The summed E-state index contributed by atoms with van der Waals surface area (Å²) < 4.78 is 18.8. The van der Waals surface area contributed by atoms with E-state index >= 15 is 0 Å². The maximum Gasteiger partial charge on any atom is 0.130 e. The van der Waals surface area contributed by atoms with Gasteiger partial charge in [0.25, 0.3) is 0 Å². The van der Waals surface area contributed by atoms with Crippen LogP contribution >= 0.6 is 0 Å². The summed E-state index contributed by atoms with van der Waals surface area (Å²) in [4.78, 5) is 0. The Hall–Kier alpha value is -1.87. The Balaban J connectivity index is 1.61. The van der Waals surface area contributed by atoms with E-state index in [2.05, 4.69) is 17.4 Å². The van der Waals surface area contributed by atoms with E-state index in [0.717, 1.165) is 31.2 Å². The van der Waals surface area contributed by atoms with Crippen molar-refractivity contribution >= 4 is 0 Å². The first-order valence-corrected chi connectivity index (χ1v) is 7.53. The maximum absolute atomic E-state index is 13.1. The van der Waals surface area contributed by atoms with Crippen molar-refractivity contribution < 1.29 is 9.13 Å². The number of hydrogen-bond acceptors (Lipinski definition) is 2. The van der Waals surface area contributed by atoms with Crippen molar-refractivity contribution in [2.75, 3.05) is 13.1 Å². The maximum atomic E-state index is 13.1. The summed E-state index contributed by atoms with van der Waals surface area (Å²) in [6, 6.07) is 14.3. The summed E-state index contributed by atoms with van der Waals surface area (Å²) in [6.07, 6.45) is 3.63. The van der Waals surface area contributed by atoms with Crippen LogP contribution in [0.25, 0.3) is 0 Å². The van der Waals surface area contributed by atoms with E-state index in [4.69, 9.17) is 4.74 Å². The first kappa shape index (κ1) is 14.1. The molecule has 0 aliphatic carbocycles. The molecule has 2 nitrogen and oxygen atoms in total. The van der Waals surface area contributed by atoms with E-state index < -0.39 is 0 Å². The molecule has 0 bridgehead atoms. The lowest BCUT2D eigenvalue weighted by molar-refractivity contribution is 0.372. The molecule has 3 rings (SSSR count). The average molecular weight is 285 g/mol. The minimum absolute atomic E-state index is 0.282. The summed E-state index contributed by atoms with van der Waals surface area (Å²) in [6.45, 7) is 2.26. The van der Waals surface area contributed by atoms with Crippen molar-refractivity contribution in [1.82, 2.24) is 5.32 Å². The van der Waals surface area contributed by atoms with Crippen LogP contribution in [0.5, 0.6) is 11.5 Å². The number of nitrogens with one attached hydrogen (secondary N) is 1. The van der Waals surface area contributed by atoms with Crippen LogP contribution in [0.2, 0.25) is 0 Å². The minimum atomic E-state index is -0.282. The fourth-order valence-corrected chi connectivity index (χ4v) is 2.78. The van der Waals surface area contributed by atoms with Crippen LogP contribution in [0.1, 0.15) is 18.4 Å². The number of rotatable bonds is 4. The second-order valence-electron chi connectivity index (χ2n) is 5.60. The van der Waals surface area contributed by atoms with Crippen LogP contribution in [0.3, 0.4) is 0 Å². The number of ether oxygens (including phenoxy) is 1. The van der Waals surface area contributed by atoms with Crippen molar-refractivity contribution in [1.29, 1.82) is 0 Å². The summed E-state index contributed by atoms with van der Waals surface area (Å²) in [5, 5.41) is 3.39. The Morgan fingerprint density at radius 2 is 1.76 bits per heavy atom. The SMILES string of the molecule is Fc1cccc(Oc2ccc(CC3CCNCC3)cc2)c1. The molecule has 110 valence electrons. The lowest BCUT2D eigenvalue weighted by atomic mass is 9.91. The fourth-order valence-electron chi connectivity index (χ4n) is 2.78. The zero-order chi connectivity index (χ0) is 14.5. The summed E-state index contributed by atoms with van der Waals surface area (Å²) in [7, 11) is 0. The van der Waals surface area contributed by atoms with Gasteiger partial charge in [-0.05, 0) is 68.1 Å². The van der Waals surface area contributed by atoms with Gasteiger partial charge < -0.3 is 10.1 Å². The van der Waals surface area contributed by atoms with Gasteiger partial charge in [-0.1, -0.05) is 18.2 Å². The molecule has 21 heavy (non-hydrogen) atoms. The number of hydrogen-bond donors (Lipinski definition) is 1. The molecule has 0 amide bonds. The number of benzene rings is 2. The quantitative estimate of drug-likeness (QED) is 0.910. The second kappa shape index (κ2) is 6.72. The van der Waals surface area contributed by atoms with Crippen LogP contribution in [0.4, 0.5) is 4.39 Å². The van der Waals surface area contributed by atoms with Crippen molar-refractivity contribution in [2.45, 2.75) is 19.3 Å². The fraction of sp³-hybridized carbons (Fsp3) is 0.333. The highest BCUT2D eigenvalue weighted by atomic mass is 19.1. The van der Waals surface area contributed by atoms with Crippen LogP contribution in [0.15, 0.2) is 48.5 Å². The Morgan fingerprint density at radius 1 is 1.00 bits per heavy atom. The molecule has 1 saturated heterocycles. The molecule has 1 N–H and O–H groups in total. The Morgan fingerprint density at radius 3 is 2.48 bits per heavy atom. The predicted octanol–water partition coefficient (Wildman–Crippen LogP) is 4.16. The number of halogens is 1. The zero-order valence-electron chi connectivity index (χ0n) is 12.0. The Kier molecular flexibility index (Phi) is 4.51. The van der Waals surface area contributed by atoms with Crippen LogP contribution < -0.4 is 10.1 Å². The van der Waals surface area contributed by atoms with Gasteiger partial charge in [0.15, 0.2) is 0 Å². The molecule has 1 aliphatic rings. The summed E-state index contributed by atoms with van der Waals surface area (Å²) in [5.74, 6) is 1.77. The third-order valence-corrected chi connectivity index (χ3v) is 3.94. The molecular weight excluding hydrogens is 265 g/mol. The molecular formula is C18H20FNO. The van der Waals surface area contributed by atoms with Gasteiger partial charge in [-0.2, -0.15) is 0 Å². The van der Waals surface area contributed by atoms with E-state index in [1.165, 1.54) is 30.5 Å². The van der Waals surface area contributed by atoms with E-state index in [-0.39, 0.29) is 5.82 Å². The smallest absolute Gasteiger partial charge is 0.130 e. The van der Waals surface area contributed by atoms with Crippen molar-refractivity contribution in [3.05, 3.63) is 59.9 Å². The van der Waals surface area contributed by atoms with Gasteiger partial charge >= 0.3 is 0 Å². The van der Waals surface area contributed by atoms with E-state index in [0.29, 0.717) is 5.75 Å². The summed E-state index contributed by atoms with van der Waals surface area (Å²) in [5.41, 5.74) is 1.34. The first-order chi connectivity index (χ1) is 10.3. The molecule has 1 fully saturated rings. The van der Waals surface area contributed by atoms with Gasteiger partial charge in [0.1, 0.15) is 17.3 Å². The van der Waals surface area contributed by atoms with Crippen LogP contribution in [-0.4, -0.2) is 13.1 Å². The van der Waals surface area contributed by atoms with Gasteiger partial charge in [-0.3, -0.25) is 0 Å². The molecule has 0 radical (unpaired) electrons. The molecule has 3 heteroatoms. The molecule has 2 aromatic rings. The van der Waals surface area contributed by atoms with Gasteiger partial charge in [-0.15, -0.1) is 0 Å². The van der Waals surface area contributed by atoms with Gasteiger partial charge in [-0.25, -0.2) is 4.39 Å². The topological polar surface area (TPSA) is 21.3 Å². The largest absolute Gasteiger partial charge is 0.457 e.